The number of rotatable bonds is 4. The number of aromatic nitrogens is 1. The molecule has 3 heterocycles. The van der Waals surface area contributed by atoms with E-state index in [0.29, 0.717) is 24.8 Å². The molecule has 2 atom stereocenters. The topological polar surface area (TPSA) is 65.5 Å². The van der Waals surface area contributed by atoms with Gasteiger partial charge in [0.15, 0.2) is 0 Å². The van der Waals surface area contributed by atoms with Gasteiger partial charge in [-0.15, -0.1) is 0 Å². The molecular formula is C20H28N4O2. The zero-order valence-corrected chi connectivity index (χ0v) is 15.3. The molecule has 1 aliphatic carbocycles. The molecule has 4 rings (SSSR count). The molecule has 6 heteroatoms. The Morgan fingerprint density at radius 2 is 1.88 bits per heavy atom. The molecule has 3 amide bonds. The SMILES string of the molecule is O=C(Cc1ccccn1)N[C@@H]1CN(C(=O)N2CCCCC2)C[C@H]1C1CC1. The number of carbonyl (C=O) groups is 2. The number of amides is 3. The largest absolute Gasteiger partial charge is 0.351 e. The second-order valence-electron chi connectivity index (χ2n) is 7.91. The van der Waals surface area contributed by atoms with Crippen molar-refractivity contribution in [2.45, 2.75) is 44.6 Å². The van der Waals surface area contributed by atoms with E-state index in [1.54, 1.807) is 6.20 Å². The Morgan fingerprint density at radius 3 is 2.58 bits per heavy atom. The molecule has 0 aromatic carbocycles. The van der Waals surface area contributed by atoms with Crippen LogP contribution in [-0.2, 0) is 11.2 Å². The number of nitrogens with zero attached hydrogens (tertiary/aromatic N) is 3. The average molecular weight is 356 g/mol. The van der Waals surface area contributed by atoms with Gasteiger partial charge in [0, 0.05) is 44.0 Å². The Bertz CT molecular complexity index is 640. The lowest BCUT2D eigenvalue weighted by molar-refractivity contribution is -0.121. The number of pyridine rings is 1. The zero-order valence-electron chi connectivity index (χ0n) is 15.3. The van der Waals surface area contributed by atoms with Crippen LogP contribution in [0.4, 0.5) is 4.79 Å². The standard InChI is InChI=1S/C20H28N4O2/c25-19(12-16-6-2-3-9-21-16)22-18-14-24(13-17(18)15-7-8-15)20(26)23-10-4-1-5-11-23/h2-3,6,9,15,17-18H,1,4-5,7-8,10-14H2,(H,22,25)/t17-,18+/m0/s1. The summed E-state index contributed by atoms with van der Waals surface area (Å²) in [7, 11) is 0. The first-order chi connectivity index (χ1) is 12.7. The second kappa shape index (κ2) is 7.64. The highest BCUT2D eigenvalue weighted by atomic mass is 16.2. The number of piperidine rings is 1. The van der Waals surface area contributed by atoms with E-state index in [9.17, 15) is 9.59 Å². The fourth-order valence-electron chi connectivity index (χ4n) is 4.35. The van der Waals surface area contributed by atoms with E-state index in [-0.39, 0.29) is 18.0 Å². The van der Waals surface area contributed by atoms with E-state index in [1.165, 1.54) is 19.3 Å². The first-order valence-corrected chi connectivity index (χ1v) is 9.94. The normalized spacial score (nSPS) is 26.0. The molecule has 140 valence electrons. The average Bonchev–Trinajstić information content (AvgIpc) is 3.43. The van der Waals surface area contributed by atoms with Crippen molar-refractivity contribution >= 4 is 11.9 Å². The van der Waals surface area contributed by atoms with Crippen LogP contribution in [0.1, 0.15) is 37.8 Å². The Hall–Kier alpha value is -2.11. The second-order valence-corrected chi connectivity index (χ2v) is 7.91. The summed E-state index contributed by atoms with van der Waals surface area (Å²) in [5, 5.41) is 3.20. The molecule has 2 saturated heterocycles. The quantitative estimate of drug-likeness (QED) is 0.898. The van der Waals surface area contributed by atoms with Gasteiger partial charge in [0.05, 0.1) is 12.5 Å². The van der Waals surface area contributed by atoms with Gasteiger partial charge in [-0.05, 0) is 50.2 Å². The first kappa shape index (κ1) is 17.3. The minimum Gasteiger partial charge on any atom is -0.351 e. The van der Waals surface area contributed by atoms with E-state index >= 15 is 0 Å². The van der Waals surface area contributed by atoms with Crippen LogP contribution in [0.15, 0.2) is 24.4 Å². The number of carbonyl (C=O) groups excluding carboxylic acids is 2. The predicted octanol–water partition coefficient (Wildman–Crippen LogP) is 2.06. The first-order valence-electron chi connectivity index (χ1n) is 9.94. The molecule has 0 radical (unpaired) electrons. The Balaban J connectivity index is 1.36. The zero-order chi connectivity index (χ0) is 17.9. The van der Waals surface area contributed by atoms with Crippen molar-refractivity contribution in [2.75, 3.05) is 26.2 Å². The highest BCUT2D eigenvalue weighted by Crippen LogP contribution is 2.41. The van der Waals surface area contributed by atoms with Crippen LogP contribution in [-0.4, -0.2) is 58.9 Å². The molecule has 2 aliphatic heterocycles. The van der Waals surface area contributed by atoms with Crippen LogP contribution in [0.5, 0.6) is 0 Å². The molecular weight excluding hydrogens is 328 g/mol. The maximum Gasteiger partial charge on any atom is 0.320 e. The number of hydrogen-bond donors (Lipinski definition) is 1. The molecule has 0 bridgehead atoms. The lowest BCUT2D eigenvalue weighted by atomic mass is 9.98. The molecule has 26 heavy (non-hydrogen) atoms. The molecule has 1 aromatic heterocycles. The van der Waals surface area contributed by atoms with Crippen molar-refractivity contribution in [3.63, 3.8) is 0 Å². The molecule has 0 spiro atoms. The van der Waals surface area contributed by atoms with Crippen LogP contribution in [0.25, 0.3) is 0 Å². The van der Waals surface area contributed by atoms with E-state index in [4.69, 9.17) is 0 Å². The van der Waals surface area contributed by atoms with Gasteiger partial charge in [0.25, 0.3) is 0 Å². The minimum absolute atomic E-state index is 0.00613. The van der Waals surface area contributed by atoms with Gasteiger partial charge in [-0.25, -0.2) is 4.79 Å². The molecule has 1 N–H and O–H groups in total. The summed E-state index contributed by atoms with van der Waals surface area (Å²) < 4.78 is 0. The smallest absolute Gasteiger partial charge is 0.320 e. The molecule has 3 fully saturated rings. The van der Waals surface area contributed by atoms with Crippen LogP contribution in [0, 0.1) is 11.8 Å². The third-order valence-electron chi connectivity index (χ3n) is 5.90. The van der Waals surface area contributed by atoms with Gasteiger partial charge < -0.3 is 15.1 Å². The van der Waals surface area contributed by atoms with Crippen molar-refractivity contribution in [3.8, 4) is 0 Å². The van der Waals surface area contributed by atoms with E-state index < -0.39 is 0 Å². The fraction of sp³-hybridized carbons (Fsp3) is 0.650. The molecule has 1 saturated carbocycles. The Labute approximate surface area is 155 Å². The van der Waals surface area contributed by atoms with Crippen LogP contribution in [0.3, 0.4) is 0 Å². The summed E-state index contributed by atoms with van der Waals surface area (Å²) >= 11 is 0. The lowest BCUT2D eigenvalue weighted by Gasteiger charge is -2.31. The molecule has 3 aliphatic rings. The lowest BCUT2D eigenvalue weighted by Crippen LogP contribution is -2.46. The van der Waals surface area contributed by atoms with Crippen molar-refractivity contribution in [1.82, 2.24) is 20.1 Å². The summed E-state index contributed by atoms with van der Waals surface area (Å²) in [6, 6.07) is 5.87. The summed E-state index contributed by atoms with van der Waals surface area (Å²) in [6.45, 7) is 3.18. The highest BCUT2D eigenvalue weighted by Gasteiger charge is 2.45. The fourth-order valence-corrected chi connectivity index (χ4v) is 4.35. The number of urea groups is 1. The van der Waals surface area contributed by atoms with Gasteiger partial charge in [-0.3, -0.25) is 9.78 Å². The maximum atomic E-state index is 12.8. The molecule has 0 unspecified atom stereocenters. The van der Waals surface area contributed by atoms with Gasteiger partial charge in [0.1, 0.15) is 0 Å². The summed E-state index contributed by atoms with van der Waals surface area (Å²) in [5.74, 6) is 1.07. The van der Waals surface area contributed by atoms with Gasteiger partial charge >= 0.3 is 6.03 Å². The van der Waals surface area contributed by atoms with Gasteiger partial charge in [-0.1, -0.05) is 6.07 Å². The third-order valence-corrected chi connectivity index (χ3v) is 5.90. The van der Waals surface area contributed by atoms with Crippen molar-refractivity contribution in [1.29, 1.82) is 0 Å². The maximum absolute atomic E-state index is 12.8. The number of hydrogen-bond acceptors (Lipinski definition) is 3. The summed E-state index contributed by atoms with van der Waals surface area (Å²) in [6.07, 6.45) is 7.90. The van der Waals surface area contributed by atoms with E-state index in [1.807, 2.05) is 28.0 Å². The molecule has 1 aromatic rings. The van der Waals surface area contributed by atoms with E-state index in [2.05, 4.69) is 10.3 Å². The minimum atomic E-state index is 0.00613. The Kier molecular flexibility index (Phi) is 5.09. The van der Waals surface area contributed by atoms with Gasteiger partial charge in [-0.2, -0.15) is 0 Å². The monoisotopic (exact) mass is 356 g/mol. The Morgan fingerprint density at radius 1 is 1.08 bits per heavy atom. The van der Waals surface area contributed by atoms with Crippen LogP contribution < -0.4 is 5.32 Å². The van der Waals surface area contributed by atoms with Crippen molar-refractivity contribution in [2.24, 2.45) is 11.8 Å². The van der Waals surface area contributed by atoms with Crippen LogP contribution in [0.2, 0.25) is 0 Å². The van der Waals surface area contributed by atoms with E-state index in [0.717, 1.165) is 38.2 Å². The van der Waals surface area contributed by atoms with Crippen molar-refractivity contribution in [3.05, 3.63) is 30.1 Å². The number of nitrogens with one attached hydrogen (secondary N) is 1. The van der Waals surface area contributed by atoms with Crippen molar-refractivity contribution < 1.29 is 9.59 Å². The summed E-state index contributed by atoms with van der Waals surface area (Å²) in [4.78, 5) is 33.5. The number of likely N-dealkylation sites (tertiary alicyclic amines) is 2. The van der Waals surface area contributed by atoms with Gasteiger partial charge in [0.2, 0.25) is 5.91 Å². The van der Waals surface area contributed by atoms with Crippen LogP contribution >= 0.6 is 0 Å². The highest BCUT2D eigenvalue weighted by molar-refractivity contribution is 5.79. The predicted molar refractivity (Wildman–Crippen MR) is 98.5 cm³/mol. The summed E-state index contributed by atoms with van der Waals surface area (Å²) in [5.41, 5.74) is 0.784. The third kappa shape index (κ3) is 4.00. The molecule has 6 nitrogen and oxygen atoms in total.